The van der Waals surface area contributed by atoms with E-state index in [1.54, 1.807) is 6.33 Å². The van der Waals surface area contributed by atoms with Crippen molar-refractivity contribution in [1.29, 1.82) is 0 Å². The van der Waals surface area contributed by atoms with Crippen molar-refractivity contribution in [2.45, 2.75) is 25.3 Å². The van der Waals surface area contributed by atoms with Gasteiger partial charge >= 0.3 is 0 Å². The first-order chi connectivity index (χ1) is 13.4. The molecule has 1 aliphatic rings. The number of piperidine rings is 1. The molecule has 0 radical (unpaired) electrons. The maximum Gasteiger partial charge on any atom is 0.142 e. The summed E-state index contributed by atoms with van der Waals surface area (Å²) in [4.78, 5) is 23.6. The van der Waals surface area contributed by atoms with Crippen molar-refractivity contribution in [2.75, 3.05) is 18.0 Å². The van der Waals surface area contributed by atoms with Gasteiger partial charge in [0.1, 0.15) is 23.6 Å². The zero-order valence-electron chi connectivity index (χ0n) is 15.0. The van der Waals surface area contributed by atoms with Gasteiger partial charge in [-0.05, 0) is 31.0 Å². The lowest BCUT2D eigenvalue weighted by Crippen LogP contribution is -2.36. The van der Waals surface area contributed by atoms with Crippen LogP contribution in [-0.2, 0) is 6.54 Å². The normalized spacial score (nSPS) is 17.5. The van der Waals surface area contributed by atoms with Crippen LogP contribution in [0.25, 0.3) is 11.0 Å². The second-order valence-electron chi connectivity index (χ2n) is 6.96. The number of nitrogens with zero attached hydrogens (tertiary/aromatic N) is 6. The number of anilines is 1. The van der Waals surface area contributed by atoms with Crippen LogP contribution in [-0.4, -0.2) is 42.6 Å². The number of rotatable bonds is 4. The molecular weight excluding hydrogens is 338 g/mol. The molecule has 0 bridgehead atoms. The number of aromatic nitrogens is 6. The zero-order valence-corrected chi connectivity index (χ0v) is 15.0. The topological polar surface area (TPSA) is 75.5 Å². The Kier molecular flexibility index (Phi) is 4.04. The molecule has 5 heterocycles. The molecule has 0 aromatic carbocycles. The third kappa shape index (κ3) is 3.05. The lowest BCUT2D eigenvalue weighted by molar-refractivity contribution is 0.474. The van der Waals surface area contributed by atoms with Gasteiger partial charge in [0, 0.05) is 43.8 Å². The van der Waals surface area contributed by atoms with Crippen molar-refractivity contribution in [2.24, 2.45) is 0 Å². The molecule has 0 spiro atoms. The SMILES string of the molecule is c1ccc(Cn2ccnc2[C@@H]2CCCN(c3ncnc4[nH]ccc34)C2)nc1. The molecule has 7 heteroatoms. The van der Waals surface area contributed by atoms with E-state index in [1.807, 2.05) is 30.7 Å². The first-order valence-electron chi connectivity index (χ1n) is 9.32. The molecule has 136 valence electrons. The summed E-state index contributed by atoms with van der Waals surface area (Å²) in [5.41, 5.74) is 1.94. The van der Waals surface area contributed by atoms with Gasteiger partial charge in [0.15, 0.2) is 0 Å². The van der Waals surface area contributed by atoms with E-state index in [9.17, 15) is 0 Å². The Balaban J connectivity index is 1.41. The third-order valence-electron chi connectivity index (χ3n) is 5.23. The standard InChI is InChI=1S/C20H21N7/c1-2-7-21-16(5-1)13-27-11-9-23-19(27)15-4-3-10-26(12-15)20-17-6-8-22-18(17)24-14-25-20/h1-2,5-9,11,14-15H,3-4,10,12-13H2,(H,22,24,25)/t15-/m1/s1. The maximum atomic E-state index is 4.69. The van der Waals surface area contributed by atoms with Gasteiger partial charge in [-0.25, -0.2) is 15.0 Å². The Bertz CT molecular complexity index is 1040. The second-order valence-corrected chi connectivity index (χ2v) is 6.96. The fraction of sp³-hybridized carbons (Fsp3) is 0.300. The lowest BCUT2D eigenvalue weighted by atomic mass is 9.97. The average Bonchev–Trinajstić information content (AvgIpc) is 3.38. The molecule has 1 fully saturated rings. The van der Waals surface area contributed by atoms with Gasteiger partial charge < -0.3 is 14.5 Å². The van der Waals surface area contributed by atoms with Crippen LogP contribution in [0.5, 0.6) is 0 Å². The minimum absolute atomic E-state index is 0.376. The highest BCUT2D eigenvalue weighted by molar-refractivity contribution is 5.87. The molecule has 7 nitrogen and oxygen atoms in total. The first kappa shape index (κ1) is 16.0. The third-order valence-corrected chi connectivity index (χ3v) is 5.23. The van der Waals surface area contributed by atoms with E-state index in [0.29, 0.717) is 5.92 Å². The van der Waals surface area contributed by atoms with Crippen LogP contribution in [0.2, 0.25) is 0 Å². The fourth-order valence-corrected chi connectivity index (χ4v) is 3.97. The molecule has 4 aromatic rings. The van der Waals surface area contributed by atoms with E-state index in [1.165, 1.54) is 0 Å². The Morgan fingerprint density at radius 1 is 1.07 bits per heavy atom. The number of hydrogen-bond donors (Lipinski definition) is 1. The highest BCUT2D eigenvalue weighted by Gasteiger charge is 2.26. The summed E-state index contributed by atoms with van der Waals surface area (Å²) >= 11 is 0. The van der Waals surface area contributed by atoms with E-state index in [-0.39, 0.29) is 0 Å². The monoisotopic (exact) mass is 359 g/mol. The number of H-pyrrole nitrogens is 1. The van der Waals surface area contributed by atoms with E-state index in [0.717, 1.165) is 60.8 Å². The van der Waals surface area contributed by atoms with Crippen LogP contribution >= 0.6 is 0 Å². The highest BCUT2D eigenvalue weighted by atomic mass is 15.2. The summed E-state index contributed by atoms with van der Waals surface area (Å²) < 4.78 is 2.22. The first-order valence-corrected chi connectivity index (χ1v) is 9.32. The number of hydrogen-bond acceptors (Lipinski definition) is 5. The molecule has 0 aliphatic carbocycles. The molecular formula is C20H21N7. The van der Waals surface area contributed by atoms with Crippen LogP contribution in [0, 0.1) is 0 Å². The summed E-state index contributed by atoms with van der Waals surface area (Å²) in [5.74, 6) is 2.51. The van der Waals surface area contributed by atoms with Gasteiger partial charge in [-0.15, -0.1) is 0 Å². The summed E-state index contributed by atoms with van der Waals surface area (Å²) in [6, 6.07) is 8.08. The molecule has 0 saturated carbocycles. The maximum absolute atomic E-state index is 4.69. The molecule has 4 aromatic heterocycles. The van der Waals surface area contributed by atoms with Gasteiger partial charge in [-0.2, -0.15) is 0 Å². The van der Waals surface area contributed by atoms with E-state index < -0.39 is 0 Å². The number of imidazole rings is 1. The van der Waals surface area contributed by atoms with Gasteiger partial charge in [0.05, 0.1) is 17.6 Å². The van der Waals surface area contributed by atoms with Gasteiger partial charge in [-0.1, -0.05) is 6.07 Å². The zero-order chi connectivity index (χ0) is 18.1. The van der Waals surface area contributed by atoms with Crippen molar-refractivity contribution in [3.05, 3.63) is 66.9 Å². The number of aromatic amines is 1. The van der Waals surface area contributed by atoms with Crippen molar-refractivity contribution >= 4 is 16.9 Å². The fourth-order valence-electron chi connectivity index (χ4n) is 3.97. The molecule has 1 saturated heterocycles. The van der Waals surface area contributed by atoms with E-state index in [4.69, 9.17) is 0 Å². The van der Waals surface area contributed by atoms with E-state index >= 15 is 0 Å². The Labute approximate surface area is 157 Å². The van der Waals surface area contributed by atoms with Crippen LogP contribution in [0.3, 0.4) is 0 Å². The molecule has 1 atom stereocenters. The Hall–Kier alpha value is -3.22. The lowest BCUT2D eigenvalue weighted by Gasteiger charge is -2.33. The minimum Gasteiger partial charge on any atom is -0.355 e. The Morgan fingerprint density at radius 3 is 3.00 bits per heavy atom. The van der Waals surface area contributed by atoms with Gasteiger partial charge in [0.2, 0.25) is 0 Å². The Morgan fingerprint density at radius 2 is 2.07 bits per heavy atom. The number of nitrogens with one attached hydrogen (secondary N) is 1. The van der Waals surface area contributed by atoms with Crippen LogP contribution < -0.4 is 4.90 Å². The van der Waals surface area contributed by atoms with Crippen molar-refractivity contribution in [1.82, 2.24) is 29.5 Å². The van der Waals surface area contributed by atoms with Crippen LogP contribution in [0.1, 0.15) is 30.3 Å². The number of fused-ring (bicyclic) bond motifs is 1. The molecule has 1 N–H and O–H groups in total. The summed E-state index contributed by atoms with van der Waals surface area (Å²) in [6.45, 7) is 2.67. The van der Waals surface area contributed by atoms with E-state index in [2.05, 4.69) is 52.7 Å². The van der Waals surface area contributed by atoms with Crippen molar-refractivity contribution < 1.29 is 0 Å². The quantitative estimate of drug-likeness (QED) is 0.606. The smallest absolute Gasteiger partial charge is 0.142 e. The minimum atomic E-state index is 0.376. The van der Waals surface area contributed by atoms with Gasteiger partial charge in [0.25, 0.3) is 0 Å². The van der Waals surface area contributed by atoms with Crippen molar-refractivity contribution in [3.8, 4) is 0 Å². The van der Waals surface area contributed by atoms with Crippen LogP contribution in [0.15, 0.2) is 55.4 Å². The molecule has 27 heavy (non-hydrogen) atoms. The average molecular weight is 359 g/mol. The predicted molar refractivity (Wildman–Crippen MR) is 104 cm³/mol. The summed E-state index contributed by atoms with van der Waals surface area (Å²) in [7, 11) is 0. The van der Waals surface area contributed by atoms with Crippen LogP contribution in [0.4, 0.5) is 5.82 Å². The largest absolute Gasteiger partial charge is 0.355 e. The molecule has 1 aliphatic heterocycles. The predicted octanol–water partition coefficient (Wildman–Crippen LogP) is 2.98. The van der Waals surface area contributed by atoms with Crippen molar-refractivity contribution in [3.63, 3.8) is 0 Å². The highest BCUT2D eigenvalue weighted by Crippen LogP contribution is 2.31. The molecule has 0 amide bonds. The summed E-state index contributed by atoms with van der Waals surface area (Å²) in [5, 5.41) is 1.08. The molecule has 5 rings (SSSR count). The van der Waals surface area contributed by atoms with Gasteiger partial charge in [-0.3, -0.25) is 4.98 Å². The molecule has 0 unspecified atom stereocenters. The second kappa shape index (κ2) is 6.83. The number of pyridine rings is 1. The summed E-state index contributed by atoms with van der Waals surface area (Å²) in [6.07, 6.45) is 11.6.